The van der Waals surface area contributed by atoms with Gasteiger partial charge in [-0.15, -0.1) is 0 Å². The fourth-order valence-electron chi connectivity index (χ4n) is 2.45. The van der Waals surface area contributed by atoms with Crippen LogP contribution >= 0.6 is 0 Å². The molecule has 1 aliphatic heterocycles. The fourth-order valence-corrected chi connectivity index (χ4v) is 2.45. The van der Waals surface area contributed by atoms with Crippen molar-refractivity contribution in [3.05, 3.63) is 24.3 Å². The molecule has 1 atom stereocenters. The van der Waals surface area contributed by atoms with E-state index in [9.17, 15) is 0 Å². The Bertz CT molecular complexity index is 497. The normalized spacial score (nSPS) is 21.4. The summed E-state index contributed by atoms with van der Waals surface area (Å²) in [6.45, 7) is 1.10. The zero-order valence-electron chi connectivity index (χ0n) is 9.48. The van der Waals surface area contributed by atoms with Gasteiger partial charge in [0.05, 0.1) is 17.8 Å². The van der Waals surface area contributed by atoms with Gasteiger partial charge in [-0.3, -0.25) is 4.98 Å². The van der Waals surface area contributed by atoms with Crippen LogP contribution in [0.3, 0.4) is 0 Å². The third-order valence-electron chi connectivity index (χ3n) is 3.34. The summed E-state index contributed by atoms with van der Waals surface area (Å²) < 4.78 is 2.18. The van der Waals surface area contributed by atoms with Crippen molar-refractivity contribution in [2.45, 2.75) is 25.3 Å². The zero-order chi connectivity index (χ0) is 11.0. The van der Waals surface area contributed by atoms with E-state index in [-0.39, 0.29) is 0 Å². The molecule has 0 radical (unpaired) electrons. The second kappa shape index (κ2) is 3.87. The minimum atomic E-state index is 0.408. The van der Waals surface area contributed by atoms with Gasteiger partial charge in [0.1, 0.15) is 11.3 Å². The fraction of sp³-hybridized carbons (Fsp3) is 0.500. The predicted octanol–water partition coefficient (Wildman–Crippen LogP) is 1.78. The first kappa shape index (κ1) is 9.78. The summed E-state index contributed by atoms with van der Waals surface area (Å²) in [6.07, 6.45) is 7.41. The number of hydrogen-bond donors (Lipinski definition) is 1. The summed E-state index contributed by atoms with van der Waals surface area (Å²) in [5.74, 6) is 1.14. The van der Waals surface area contributed by atoms with Gasteiger partial charge >= 0.3 is 0 Å². The number of pyridine rings is 1. The van der Waals surface area contributed by atoms with Gasteiger partial charge in [-0.1, -0.05) is 6.42 Å². The van der Waals surface area contributed by atoms with Crippen molar-refractivity contribution in [2.75, 3.05) is 6.54 Å². The highest BCUT2D eigenvalue weighted by Crippen LogP contribution is 2.24. The molecule has 0 aromatic carbocycles. The Morgan fingerprint density at radius 1 is 1.44 bits per heavy atom. The number of nitrogens with zero attached hydrogens (tertiary/aromatic N) is 3. The van der Waals surface area contributed by atoms with Crippen LogP contribution in [0.5, 0.6) is 0 Å². The highest BCUT2D eigenvalue weighted by Gasteiger charge is 2.20. The van der Waals surface area contributed by atoms with Gasteiger partial charge in [0.15, 0.2) is 0 Å². The van der Waals surface area contributed by atoms with Gasteiger partial charge in [-0.25, -0.2) is 4.98 Å². The maximum absolute atomic E-state index is 4.67. The van der Waals surface area contributed by atoms with Crippen molar-refractivity contribution in [1.82, 2.24) is 19.9 Å². The van der Waals surface area contributed by atoms with E-state index in [1.807, 2.05) is 18.5 Å². The molecule has 3 rings (SSSR count). The molecule has 0 aliphatic carbocycles. The van der Waals surface area contributed by atoms with Gasteiger partial charge in [0.2, 0.25) is 0 Å². The number of hydrogen-bond acceptors (Lipinski definition) is 3. The molecule has 3 heterocycles. The summed E-state index contributed by atoms with van der Waals surface area (Å²) in [7, 11) is 2.08. The summed E-state index contributed by atoms with van der Waals surface area (Å²) in [5.41, 5.74) is 2.16. The lowest BCUT2D eigenvalue weighted by Crippen LogP contribution is -2.28. The third kappa shape index (κ3) is 1.50. The molecule has 1 N–H and O–H groups in total. The second-order valence-corrected chi connectivity index (χ2v) is 4.40. The Morgan fingerprint density at radius 3 is 3.12 bits per heavy atom. The Balaban J connectivity index is 2.05. The molecular formula is C12H16N4. The first-order valence-electron chi connectivity index (χ1n) is 5.86. The largest absolute Gasteiger partial charge is 0.330 e. The van der Waals surface area contributed by atoms with E-state index in [4.69, 9.17) is 0 Å². The first-order valence-corrected chi connectivity index (χ1v) is 5.86. The van der Waals surface area contributed by atoms with Crippen molar-refractivity contribution in [2.24, 2.45) is 7.05 Å². The topological polar surface area (TPSA) is 42.7 Å². The Kier molecular flexibility index (Phi) is 2.36. The molecule has 16 heavy (non-hydrogen) atoms. The van der Waals surface area contributed by atoms with Crippen LogP contribution in [0.2, 0.25) is 0 Å². The van der Waals surface area contributed by atoms with Crippen LogP contribution in [-0.2, 0) is 7.05 Å². The number of nitrogens with one attached hydrogen (secondary N) is 1. The van der Waals surface area contributed by atoms with Gasteiger partial charge in [-0.05, 0) is 25.5 Å². The van der Waals surface area contributed by atoms with Crippen LogP contribution in [0.4, 0.5) is 0 Å². The highest BCUT2D eigenvalue weighted by molar-refractivity contribution is 5.74. The molecule has 0 amide bonds. The smallest absolute Gasteiger partial charge is 0.126 e. The molecule has 0 bridgehead atoms. The molecule has 0 saturated carbocycles. The number of imidazole rings is 1. The van der Waals surface area contributed by atoms with Crippen LogP contribution in [0.1, 0.15) is 31.1 Å². The molecule has 2 aromatic heterocycles. The standard InChI is InChI=1S/C12H16N4/c1-16-11-5-7-13-8-10(11)15-12(16)9-4-2-3-6-14-9/h5,7-9,14H,2-4,6H2,1H3. The average molecular weight is 216 g/mol. The van der Waals surface area contributed by atoms with Crippen molar-refractivity contribution in [3.63, 3.8) is 0 Å². The van der Waals surface area contributed by atoms with Crippen LogP contribution in [-0.4, -0.2) is 21.1 Å². The predicted molar refractivity (Wildman–Crippen MR) is 63.1 cm³/mol. The van der Waals surface area contributed by atoms with Gasteiger partial charge in [-0.2, -0.15) is 0 Å². The molecule has 1 aliphatic rings. The maximum Gasteiger partial charge on any atom is 0.126 e. The van der Waals surface area contributed by atoms with E-state index in [0.29, 0.717) is 6.04 Å². The van der Waals surface area contributed by atoms with E-state index >= 15 is 0 Å². The average Bonchev–Trinajstić information content (AvgIpc) is 2.69. The minimum Gasteiger partial charge on any atom is -0.330 e. The Hall–Kier alpha value is -1.42. The Morgan fingerprint density at radius 2 is 2.38 bits per heavy atom. The third-order valence-corrected chi connectivity index (χ3v) is 3.34. The zero-order valence-corrected chi connectivity index (χ0v) is 9.48. The van der Waals surface area contributed by atoms with Crippen molar-refractivity contribution < 1.29 is 0 Å². The number of rotatable bonds is 1. The first-order chi connectivity index (χ1) is 7.86. The molecule has 4 nitrogen and oxygen atoms in total. The molecule has 84 valence electrons. The van der Waals surface area contributed by atoms with Crippen LogP contribution in [0, 0.1) is 0 Å². The molecule has 4 heteroatoms. The molecule has 1 unspecified atom stereocenters. The lowest BCUT2D eigenvalue weighted by molar-refractivity contribution is 0.392. The van der Waals surface area contributed by atoms with E-state index in [0.717, 1.165) is 23.4 Å². The minimum absolute atomic E-state index is 0.408. The van der Waals surface area contributed by atoms with E-state index < -0.39 is 0 Å². The van der Waals surface area contributed by atoms with Crippen molar-refractivity contribution in [3.8, 4) is 0 Å². The number of aromatic nitrogens is 3. The van der Waals surface area contributed by atoms with E-state index in [1.54, 1.807) is 0 Å². The number of fused-ring (bicyclic) bond motifs is 1. The lowest BCUT2D eigenvalue weighted by atomic mass is 10.0. The highest BCUT2D eigenvalue weighted by atomic mass is 15.1. The lowest BCUT2D eigenvalue weighted by Gasteiger charge is -2.22. The van der Waals surface area contributed by atoms with Crippen LogP contribution in [0.25, 0.3) is 11.0 Å². The second-order valence-electron chi connectivity index (χ2n) is 4.40. The number of piperidine rings is 1. The van der Waals surface area contributed by atoms with E-state index in [1.165, 1.54) is 19.3 Å². The molecule has 1 saturated heterocycles. The van der Waals surface area contributed by atoms with Crippen molar-refractivity contribution >= 4 is 11.0 Å². The molecule has 0 spiro atoms. The molecular weight excluding hydrogens is 200 g/mol. The SMILES string of the molecule is Cn1c(C2CCCCN2)nc2cnccc21. The van der Waals surface area contributed by atoms with Gasteiger partial charge in [0.25, 0.3) is 0 Å². The van der Waals surface area contributed by atoms with Crippen LogP contribution < -0.4 is 5.32 Å². The maximum atomic E-state index is 4.67. The number of aryl methyl sites for hydroxylation is 1. The summed E-state index contributed by atoms with van der Waals surface area (Å²) in [5, 5.41) is 3.53. The van der Waals surface area contributed by atoms with Crippen molar-refractivity contribution in [1.29, 1.82) is 0 Å². The van der Waals surface area contributed by atoms with E-state index in [2.05, 4.69) is 26.9 Å². The Labute approximate surface area is 94.7 Å². The summed E-state index contributed by atoms with van der Waals surface area (Å²) >= 11 is 0. The van der Waals surface area contributed by atoms with Gasteiger partial charge in [0, 0.05) is 13.2 Å². The van der Waals surface area contributed by atoms with Gasteiger partial charge < -0.3 is 9.88 Å². The summed E-state index contributed by atoms with van der Waals surface area (Å²) in [4.78, 5) is 8.79. The van der Waals surface area contributed by atoms with Crippen LogP contribution in [0.15, 0.2) is 18.5 Å². The summed E-state index contributed by atoms with van der Waals surface area (Å²) in [6, 6.07) is 2.43. The quantitative estimate of drug-likeness (QED) is 0.790. The molecule has 1 fully saturated rings. The molecule has 2 aromatic rings. The monoisotopic (exact) mass is 216 g/mol.